The molecule has 1 aromatic carbocycles. The number of nitrogens with zero attached hydrogens (tertiary/aromatic N) is 5. The van der Waals surface area contributed by atoms with Gasteiger partial charge in [0.05, 0.1) is 24.5 Å². The van der Waals surface area contributed by atoms with Crippen LogP contribution in [0.5, 0.6) is 0 Å². The largest absolute Gasteiger partial charge is 0.478 e. The highest BCUT2D eigenvalue weighted by atomic mass is 16.4. The molecule has 23 heavy (non-hydrogen) atoms. The van der Waals surface area contributed by atoms with Crippen LogP contribution in [0, 0.1) is 0 Å². The molecule has 0 bridgehead atoms. The van der Waals surface area contributed by atoms with Gasteiger partial charge < -0.3 is 5.11 Å². The Labute approximate surface area is 133 Å². The van der Waals surface area contributed by atoms with Gasteiger partial charge in [-0.15, -0.1) is 5.10 Å². The van der Waals surface area contributed by atoms with E-state index in [1.165, 1.54) is 0 Å². The molecular weight excluding hydrogens is 294 g/mol. The Bertz CT molecular complexity index is 821. The van der Waals surface area contributed by atoms with Crippen LogP contribution in [0.1, 0.15) is 29.3 Å². The molecule has 0 atom stereocenters. The zero-order valence-electron chi connectivity index (χ0n) is 12.8. The average molecular weight is 311 g/mol. The summed E-state index contributed by atoms with van der Waals surface area (Å²) >= 11 is 0. The summed E-state index contributed by atoms with van der Waals surface area (Å²) in [4.78, 5) is 11.0. The highest BCUT2D eigenvalue weighted by molar-refractivity contribution is 5.87. The zero-order valence-corrected chi connectivity index (χ0v) is 12.8. The maximum absolute atomic E-state index is 11.0. The number of aromatic nitrogens is 5. The van der Waals surface area contributed by atoms with Crippen molar-refractivity contribution in [3.8, 4) is 11.3 Å². The van der Waals surface area contributed by atoms with Crippen molar-refractivity contribution in [1.29, 1.82) is 0 Å². The first-order valence-corrected chi connectivity index (χ1v) is 7.41. The third-order valence-corrected chi connectivity index (χ3v) is 3.44. The minimum atomic E-state index is -0.936. The molecule has 0 radical (unpaired) electrons. The van der Waals surface area contributed by atoms with Crippen LogP contribution in [-0.2, 0) is 13.1 Å². The predicted octanol–water partition coefficient (Wildman–Crippen LogP) is 2.30. The van der Waals surface area contributed by atoms with E-state index in [9.17, 15) is 4.79 Å². The Kier molecular flexibility index (Phi) is 4.18. The Hall–Kier alpha value is -2.96. The lowest BCUT2D eigenvalue weighted by Crippen LogP contribution is -2.03. The highest BCUT2D eigenvalue weighted by Gasteiger charge is 2.08. The van der Waals surface area contributed by atoms with Gasteiger partial charge in [-0.05, 0) is 24.1 Å². The summed E-state index contributed by atoms with van der Waals surface area (Å²) in [5.41, 5.74) is 2.80. The van der Waals surface area contributed by atoms with Gasteiger partial charge >= 0.3 is 5.97 Å². The molecule has 3 aromatic rings. The van der Waals surface area contributed by atoms with Gasteiger partial charge in [0.2, 0.25) is 0 Å². The number of hydrogen-bond acceptors (Lipinski definition) is 4. The Morgan fingerprint density at radius 3 is 2.91 bits per heavy atom. The van der Waals surface area contributed by atoms with Crippen molar-refractivity contribution in [2.45, 2.75) is 26.4 Å². The van der Waals surface area contributed by atoms with Gasteiger partial charge in [0.25, 0.3) is 0 Å². The summed E-state index contributed by atoms with van der Waals surface area (Å²) in [6.45, 7) is 3.44. The van der Waals surface area contributed by atoms with Crippen molar-refractivity contribution in [2.24, 2.45) is 0 Å². The molecule has 118 valence electrons. The lowest BCUT2D eigenvalue weighted by molar-refractivity contribution is 0.0696. The Morgan fingerprint density at radius 2 is 2.13 bits per heavy atom. The number of hydrogen-bond donors (Lipinski definition) is 1. The molecule has 2 aromatic heterocycles. The molecule has 0 fully saturated rings. The van der Waals surface area contributed by atoms with Crippen molar-refractivity contribution < 1.29 is 9.90 Å². The number of benzene rings is 1. The molecule has 0 spiro atoms. The van der Waals surface area contributed by atoms with Crippen LogP contribution in [0.4, 0.5) is 0 Å². The molecule has 3 rings (SSSR count). The molecule has 2 heterocycles. The van der Waals surface area contributed by atoms with Gasteiger partial charge in [0.1, 0.15) is 5.69 Å². The molecule has 0 unspecified atom stereocenters. The van der Waals surface area contributed by atoms with Gasteiger partial charge in [-0.3, -0.25) is 4.68 Å². The van der Waals surface area contributed by atoms with Crippen LogP contribution in [0.3, 0.4) is 0 Å². The van der Waals surface area contributed by atoms with Crippen LogP contribution in [0.15, 0.2) is 42.9 Å². The molecule has 0 aliphatic carbocycles. The van der Waals surface area contributed by atoms with Crippen molar-refractivity contribution >= 4 is 5.97 Å². The second-order valence-corrected chi connectivity index (χ2v) is 5.30. The molecule has 0 saturated carbocycles. The third kappa shape index (κ3) is 3.45. The molecule has 7 heteroatoms. The fourth-order valence-electron chi connectivity index (χ4n) is 2.34. The minimum Gasteiger partial charge on any atom is -0.478 e. The summed E-state index contributed by atoms with van der Waals surface area (Å²) in [7, 11) is 0. The Balaban J connectivity index is 1.76. The predicted molar refractivity (Wildman–Crippen MR) is 84.0 cm³/mol. The smallest absolute Gasteiger partial charge is 0.335 e. The summed E-state index contributed by atoms with van der Waals surface area (Å²) in [6.07, 6.45) is 6.58. The summed E-state index contributed by atoms with van der Waals surface area (Å²) in [5, 5.41) is 21.6. The summed E-state index contributed by atoms with van der Waals surface area (Å²) in [5.74, 6) is -0.936. The molecule has 0 aliphatic rings. The van der Waals surface area contributed by atoms with Crippen molar-refractivity contribution in [3.05, 3.63) is 54.0 Å². The summed E-state index contributed by atoms with van der Waals surface area (Å²) in [6, 6.07) is 6.81. The van der Waals surface area contributed by atoms with Gasteiger partial charge in [-0.1, -0.05) is 24.3 Å². The molecule has 7 nitrogen and oxygen atoms in total. The number of aromatic carboxylic acids is 1. The highest BCUT2D eigenvalue weighted by Crippen LogP contribution is 2.16. The van der Waals surface area contributed by atoms with E-state index in [2.05, 4.69) is 22.3 Å². The lowest BCUT2D eigenvalue weighted by Gasteiger charge is -2.02. The first-order chi connectivity index (χ1) is 11.2. The fraction of sp³-hybridized carbons (Fsp3) is 0.250. The maximum Gasteiger partial charge on any atom is 0.335 e. The normalized spacial score (nSPS) is 10.8. The van der Waals surface area contributed by atoms with E-state index in [1.807, 2.05) is 23.1 Å². The quantitative estimate of drug-likeness (QED) is 0.755. The van der Waals surface area contributed by atoms with E-state index < -0.39 is 5.97 Å². The van der Waals surface area contributed by atoms with Crippen LogP contribution in [0.25, 0.3) is 11.3 Å². The van der Waals surface area contributed by atoms with E-state index >= 15 is 0 Å². The standard InChI is InChI=1S/C16H17N5O2/c1-2-6-20-10-14(8-17-20)15-11-21(19-18-15)9-12-4-3-5-13(7-12)16(22)23/h3-5,7-8,10-11H,2,6,9H2,1H3,(H,22,23). The topological polar surface area (TPSA) is 85.8 Å². The van der Waals surface area contributed by atoms with Gasteiger partial charge in [-0.25, -0.2) is 9.48 Å². The van der Waals surface area contributed by atoms with Crippen LogP contribution >= 0.6 is 0 Å². The maximum atomic E-state index is 11.0. The molecule has 0 amide bonds. The van der Waals surface area contributed by atoms with Crippen molar-refractivity contribution in [2.75, 3.05) is 0 Å². The second kappa shape index (κ2) is 6.43. The second-order valence-electron chi connectivity index (χ2n) is 5.30. The molecule has 0 aliphatic heterocycles. The fourth-order valence-corrected chi connectivity index (χ4v) is 2.34. The zero-order chi connectivity index (χ0) is 16.2. The first kappa shape index (κ1) is 15.0. The van der Waals surface area contributed by atoms with E-state index in [1.54, 1.807) is 29.1 Å². The van der Waals surface area contributed by atoms with E-state index in [-0.39, 0.29) is 5.56 Å². The number of rotatable bonds is 6. The number of carboxylic acids is 1. The number of carbonyl (C=O) groups is 1. The van der Waals surface area contributed by atoms with Crippen LogP contribution in [-0.4, -0.2) is 35.9 Å². The van der Waals surface area contributed by atoms with Crippen molar-refractivity contribution in [3.63, 3.8) is 0 Å². The summed E-state index contributed by atoms with van der Waals surface area (Å²) < 4.78 is 3.57. The van der Waals surface area contributed by atoms with Crippen LogP contribution < -0.4 is 0 Å². The average Bonchev–Trinajstić information content (AvgIpc) is 3.17. The van der Waals surface area contributed by atoms with E-state index in [4.69, 9.17) is 5.11 Å². The van der Waals surface area contributed by atoms with E-state index in [0.717, 1.165) is 29.8 Å². The van der Waals surface area contributed by atoms with Crippen molar-refractivity contribution in [1.82, 2.24) is 24.8 Å². The number of carboxylic acid groups (broad SMARTS) is 1. The lowest BCUT2D eigenvalue weighted by atomic mass is 10.1. The third-order valence-electron chi connectivity index (χ3n) is 3.44. The van der Waals surface area contributed by atoms with Gasteiger partial charge in [0.15, 0.2) is 0 Å². The number of aryl methyl sites for hydroxylation is 1. The molecule has 0 saturated heterocycles. The molecule has 1 N–H and O–H groups in total. The Morgan fingerprint density at radius 1 is 1.26 bits per heavy atom. The van der Waals surface area contributed by atoms with Crippen LogP contribution in [0.2, 0.25) is 0 Å². The van der Waals surface area contributed by atoms with Gasteiger partial charge in [0, 0.05) is 18.3 Å². The SMILES string of the molecule is CCCn1cc(-c2cn(Cc3cccc(C(=O)O)c3)nn2)cn1. The minimum absolute atomic E-state index is 0.267. The first-order valence-electron chi connectivity index (χ1n) is 7.41. The van der Waals surface area contributed by atoms with E-state index in [0.29, 0.717) is 6.54 Å². The monoisotopic (exact) mass is 311 g/mol. The van der Waals surface area contributed by atoms with Gasteiger partial charge in [-0.2, -0.15) is 5.10 Å². The molecular formula is C16H17N5O2.